The largest absolute Gasteiger partial charge is 0.349 e. The van der Waals surface area contributed by atoms with Crippen LogP contribution in [0, 0.1) is 11.8 Å². The zero-order chi connectivity index (χ0) is 19.3. The number of anilines is 1. The van der Waals surface area contributed by atoms with Crippen molar-refractivity contribution in [3.8, 4) is 0 Å². The van der Waals surface area contributed by atoms with Gasteiger partial charge in [0.25, 0.3) is 5.91 Å². The fourth-order valence-electron chi connectivity index (χ4n) is 5.34. The minimum Gasteiger partial charge on any atom is -0.349 e. The van der Waals surface area contributed by atoms with E-state index in [4.69, 9.17) is 0 Å². The Labute approximate surface area is 168 Å². The van der Waals surface area contributed by atoms with Crippen molar-refractivity contribution >= 4 is 17.5 Å². The maximum absolute atomic E-state index is 12.7. The van der Waals surface area contributed by atoms with E-state index in [0.29, 0.717) is 17.8 Å². The highest BCUT2D eigenvalue weighted by molar-refractivity contribution is 6.04. The minimum atomic E-state index is -0.0779. The number of amides is 2. The third-order valence-corrected chi connectivity index (χ3v) is 6.88. The van der Waals surface area contributed by atoms with Crippen molar-refractivity contribution in [2.75, 3.05) is 25.0 Å². The van der Waals surface area contributed by atoms with Crippen LogP contribution >= 0.6 is 0 Å². The molecule has 3 fully saturated rings. The average molecular weight is 384 g/mol. The zero-order valence-corrected chi connectivity index (χ0v) is 16.8. The summed E-state index contributed by atoms with van der Waals surface area (Å²) in [6.07, 6.45) is 11.1. The van der Waals surface area contributed by atoms with Gasteiger partial charge in [0.05, 0.1) is 17.8 Å². The van der Waals surface area contributed by atoms with Crippen LogP contribution in [0.1, 0.15) is 68.1 Å². The van der Waals surface area contributed by atoms with Crippen molar-refractivity contribution in [2.45, 2.75) is 63.8 Å². The van der Waals surface area contributed by atoms with E-state index in [1.54, 1.807) is 6.07 Å². The Balaban J connectivity index is 1.33. The molecule has 5 nitrogen and oxygen atoms in total. The summed E-state index contributed by atoms with van der Waals surface area (Å²) >= 11 is 0. The maximum Gasteiger partial charge on any atom is 0.253 e. The van der Waals surface area contributed by atoms with Gasteiger partial charge in [0.2, 0.25) is 5.91 Å². The first-order chi connectivity index (χ1) is 13.7. The highest BCUT2D eigenvalue weighted by Gasteiger charge is 2.31. The Hall–Kier alpha value is -1.88. The van der Waals surface area contributed by atoms with E-state index in [0.717, 1.165) is 37.8 Å². The van der Waals surface area contributed by atoms with E-state index in [1.165, 1.54) is 44.9 Å². The van der Waals surface area contributed by atoms with Crippen LogP contribution in [0.2, 0.25) is 0 Å². The molecule has 0 spiro atoms. The smallest absolute Gasteiger partial charge is 0.253 e. The zero-order valence-electron chi connectivity index (χ0n) is 16.8. The molecule has 2 aliphatic carbocycles. The number of carbonyl (C=O) groups excluding carboxylic acids is 2. The number of hydrogen-bond acceptors (Lipinski definition) is 3. The SMILES string of the molecule is O=C(CN1CCC2CCCCC2C1)Nc1ccccc1C(=O)NC1CCCC1. The quantitative estimate of drug-likeness (QED) is 0.813. The van der Waals surface area contributed by atoms with E-state index in [-0.39, 0.29) is 17.9 Å². The summed E-state index contributed by atoms with van der Waals surface area (Å²) in [5.74, 6) is 1.54. The van der Waals surface area contributed by atoms with E-state index >= 15 is 0 Å². The van der Waals surface area contributed by atoms with Crippen LogP contribution in [-0.2, 0) is 4.79 Å². The number of hydrogen-bond donors (Lipinski definition) is 2. The molecule has 152 valence electrons. The number of likely N-dealkylation sites (tertiary alicyclic amines) is 1. The molecule has 5 heteroatoms. The first kappa shape index (κ1) is 19.4. The van der Waals surface area contributed by atoms with Gasteiger partial charge in [0.15, 0.2) is 0 Å². The summed E-state index contributed by atoms with van der Waals surface area (Å²) in [7, 11) is 0. The van der Waals surface area contributed by atoms with Gasteiger partial charge in [-0.25, -0.2) is 0 Å². The van der Waals surface area contributed by atoms with Gasteiger partial charge in [-0.2, -0.15) is 0 Å². The molecule has 0 aromatic heterocycles. The monoisotopic (exact) mass is 383 g/mol. The van der Waals surface area contributed by atoms with Crippen molar-refractivity contribution in [1.29, 1.82) is 0 Å². The van der Waals surface area contributed by atoms with Crippen molar-refractivity contribution in [1.82, 2.24) is 10.2 Å². The van der Waals surface area contributed by atoms with Gasteiger partial charge in [-0.1, -0.05) is 44.2 Å². The molecule has 0 bridgehead atoms. The lowest BCUT2D eigenvalue weighted by molar-refractivity contribution is -0.118. The van der Waals surface area contributed by atoms with Gasteiger partial charge in [0.1, 0.15) is 0 Å². The molecule has 2 amide bonds. The van der Waals surface area contributed by atoms with Crippen molar-refractivity contribution in [3.63, 3.8) is 0 Å². The van der Waals surface area contributed by atoms with Crippen LogP contribution in [0.5, 0.6) is 0 Å². The van der Waals surface area contributed by atoms with E-state index < -0.39 is 0 Å². The molecule has 1 heterocycles. The second-order valence-corrected chi connectivity index (χ2v) is 8.88. The Kier molecular flexibility index (Phi) is 6.30. The van der Waals surface area contributed by atoms with Gasteiger partial charge < -0.3 is 10.6 Å². The normalized spacial score (nSPS) is 25.9. The first-order valence-corrected chi connectivity index (χ1v) is 11.1. The molecule has 2 atom stereocenters. The second kappa shape index (κ2) is 9.08. The number of para-hydroxylation sites is 1. The van der Waals surface area contributed by atoms with Crippen molar-refractivity contribution in [3.05, 3.63) is 29.8 Å². The minimum absolute atomic E-state index is 0.0182. The average Bonchev–Trinajstić information content (AvgIpc) is 3.21. The number of carbonyl (C=O) groups is 2. The molecular weight excluding hydrogens is 350 g/mol. The molecular formula is C23H33N3O2. The number of fused-ring (bicyclic) bond motifs is 1. The molecule has 3 aliphatic rings. The summed E-state index contributed by atoms with van der Waals surface area (Å²) in [5.41, 5.74) is 1.18. The van der Waals surface area contributed by atoms with Crippen LogP contribution < -0.4 is 10.6 Å². The fraction of sp³-hybridized carbons (Fsp3) is 0.652. The van der Waals surface area contributed by atoms with E-state index in [2.05, 4.69) is 15.5 Å². The van der Waals surface area contributed by atoms with Crippen molar-refractivity contribution < 1.29 is 9.59 Å². The van der Waals surface area contributed by atoms with Crippen LogP contribution in [0.4, 0.5) is 5.69 Å². The highest BCUT2D eigenvalue weighted by Crippen LogP contribution is 2.35. The highest BCUT2D eigenvalue weighted by atomic mass is 16.2. The Morgan fingerprint density at radius 2 is 1.64 bits per heavy atom. The predicted octanol–water partition coefficient (Wildman–Crippen LogP) is 3.81. The number of nitrogens with one attached hydrogen (secondary N) is 2. The topological polar surface area (TPSA) is 61.4 Å². The third-order valence-electron chi connectivity index (χ3n) is 6.88. The summed E-state index contributed by atoms with van der Waals surface area (Å²) in [6.45, 7) is 2.47. The molecule has 1 aliphatic heterocycles. The molecule has 1 aromatic rings. The Morgan fingerprint density at radius 1 is 0.929 bits per heavy atom. The Bertz CT molecular complexity index is 699. The van der Waals surface area contributed by atoms with E-state index in [9.17, 15) is 9.59 Å². The lowest BCUT2D eigenvalue weighted by atomic mass is 9.75. The number of benzene rings is 1. The molecule has 28 heavy (non-hydrogen) atoms. The first-order valence-electron chi connectivity index (χ1n) is 11.1. The standard InChI is InChI=1S/C23H33N3O2/c27-22(16-26-14-13-17-7-1-2-8-18(17)15-26)25-21-12-6-5-11-20(21)23(28)24-19-9-3-4-10-19/h5-6,11-12,17-19H,1-4,7-10,13-16H2,(H,24,28)(H,25,27). The molecule has 2 N–H and O–H groups in total. The maximum atomic E-state index is 12.7. The van der Waals surface area contributed by atoms with Gasteiger partial charge in [-0.05, 0) is 56.2 Å². The molecule has 4 rings (SSSR count). The summed E-state index contributed by atoms with van der Waals surface area (Å²) in [5, 5.41) is 6.11. The van der Waals surface area contributed by atoms with Gasteiger partial charge >= 0.3 is 0 Å². The van der Waals surface area contributed by atoms with Crippen LogP contribution in [-0.4, -0.2) is 42.4 Å². The number of piperidine rings is 1. The molecule has 1 saturated heterocycles. The van der Waals surface area contributed by atoms with Crippen LogP contribution in [0.15, 0.2) is 24.3 Å². The Morgan fingerprint density at radius 3 is 2.46 bits per heavy atom. The predicted molar refractivity (Wildman–Crippen MR) is 111 cm³/mol. The second-order valence-electron chi connectivity index (χ2n) is 8.88. The number of rotatable bonds is 5. The number of nitrogens with zero attached hydrogens (tertiary/aromatic N) is 1. The third kappa shape index (κ3) is 4.75. The van der Waals surface area contributed by atoms with E-state index in [1.807, 2.05) is 18.2 Å². The van der Waals surface area contributed by atoms with Crippen molar-refractivity contribution in [2.24, 2.45) is 11.8 Å². The fourth-order valence-corrected chi connectivity index (χ4v) is 5.34. The lowest BCUT2D eigenvalue weighted by Gasteiger charge is -2.41. The lowest BCUT2D eigenvalue weighted by Crippen LogP contribution is -2.45. The van der Waals surface area contributed by atoms with Crippen LogP contribution in [0.25, 0.3) is 0 Å². The summed E-state index contributed by atoms with van der Waals surface area (Å²) in [4.78, 5) is 27.6. The molecule has 1 aromatic carbocycles. The summed E-state index contributed by atoms with van der Waals surface area (Å²) < 4.78 is 0. The van der Waals surface area contributed by atoms with Crippen LogP contribution in [0.3, 0.4) is 0 Å². The molecule has 2 saturated carbocycles. The molecule has 0 radical (unpaired) electrons. The van der Waals surface area contributed by atoms with Gasteiger partial charge in [-0.15, -0.1) is 0 Å². The van der Waals surface area contributed by atoms with Gasteiger partial charge in [-0.3, -0.25) is 14.5 Å². The summed E-state index contributed by atoms with van der Waals surface area (Å²) in [6, 6.07) is 7.62. The molecule has 2 unspecified atom stereocenters. The van der Waals surface area contributed by atoms with Gasteiger partial charge in [0, 0.05) is 12.6 Å².